The lowest BCUT2D eigenvalue weighted by molar-refractivity contribution is -0.361. The zero-order chi connectivity index (χ0) is 27.0. The molecular weight excluding hydrogens is 512 g/mol. The number of aliphatic hydroxyl groups excluding tert-OH is 10. The molecule has 0 amide bonds. The molecule has 17 heteroatoms. The van der Waals surface area contributed by atoms with Crippen LogP contribution in [0, 0.1) is 0 Å². The number of hydrogen-bond donors (Lipinski definition) is 10. The Balaban J connectivity index is 1.32. The molecule has 4 heterocycles. The lowest BCUT2D eigenvalue weighted by Gasteiger charge is -2.45. The molecule has 37 heavy (non-hydrogen) atoms. The number of hydrogen-bond acceptors (Lipinski definition) is 17. The van der Waals surface area contributed by atoms with Crippen LogP contribution < -0.4 is 0 Å². The number of rotatable bonds is 6. The second-order valence-corrected chi connectivity index (χ2v) is 9.35. The third-order valence-electron chi connectivity index (χ3n) is 6.68. The highest BCUT2D eigenvalue weighted by molar-refractivity contribution is 4.91. The first-order chi connectivity index (χ1) is 17.5. The van der Waals surface area contributed by atoms with Crippen LogP contribution in [0.1, 0.15) is 0 Å². The van der Waals surface area contributed by atoms with Crippen molar-refractivity contribution < 1.29 is 84.2 Å². The highest BCUT2D eigenvalue weighted by atomic mass is 16.8. The predicted octanol–water partition coefficient (Wildman–Crippen LogP) is -7.19. The zero-order valence-electron chi connectivity index (χ0n) is 19.4. The molecule has 0 aromatic carbocycles. The van der Waals surface area contributed by atoms with E-state index in [9.17, 15) is 51.1 Å². The highest BCUT2D eigenvalue weighted by Crippen LogP contribution is 2.29. The summed E-state index contributed by atoms with van der Waals surface area (Å²) in [5, 5.41) is 101. The Morgan fingerprint density at radius 1 is 0.405 bits per heavy atom. The smallest absolute Gasteiger partial charge is 0.186 e. The molecule has 1 unspecified atom stereocenters. The van der Waals surface area contributed by atoms with Gasteiger partial charge in [0, 0.05) is 0 Å². The Morgan fingerprint density at radius 3 is 1.51 bits per heavy atom. The average Bonchev–Trinajstić information content (AvgIpc) is 2.87. The van der Waals surface area contributed by atoms with E-state index in [-0.39, 0.29) is 13.2 Å². The summed E-state index contributed by atoms with van der Waals surface area (Å²) in [6.07, 6.45) is -24.3. The third kappa shape index (κ3) is 6.23. The van der Waals surface area contributed by atoms with Crippen molar-refractivity contribution in [3.63, 3.8) is 0 Å². The topological polar surface area (TPSA) is 267 Å². The fourth-order valence-corrected chi connectivity index (χ4v) is 4.37. The fourth-order valence-electron chi connectivity index (χ4n) is 4.37. The minimum absolute atomic E-state index is 0.340. The Hall–Kier alpha value is -0.680. The highest BCUT2D eigenvalue weighted by Gasteiger charge is 2.49. The summed E-state index contributed by atoms with van der Waals surface area (Å²) in [5.41, 5.74) is 0. The van der Waals surface area contributed by atoms with Crippen LogP contribution in [0.5, 0.6) is 0 Å². The minimum Gasteiger partial charge on any atom is -0.388 e. The van der Waals surface area contributed by atoms with Crippen LogP contribution in [0.2, 0.25) is 0 Å². The predicted molar refractivity (Wildman–Crippen MR) is 110 cm³/mol. The molecule has 0 aromatic rings. The van der Waals surface area contributed by atoms with Gasteiger partial charge in [0.1, 0.15) is 73.2 Å². The van der Waals surface area contributed by atoms with E-state index in [1.54, 1.807) is 0 Å². The summed E-state index contributed by atoms with van der Waals surface area (Å²) in [7, 11) is 0. The van der Waals surface area contributed by atoms with Gasteiger partial charge in [0.25, 0.3) is 0 Å². The SMILES string of the molecule is OC1OC[C@@H](O[C@@H]2OC[C@@H](O)[C@H](O[C@@H]3OC[C@@H](O[C@@H]4OC[C@@H](O)[C@H](O)[C@H]4O)[C@H](O)[C@H]3O)[C@H]2O)[C@H](O)[C@H]1O. The van der Waals surface area contributed by atoms with Crippen molar-refractivity contribution in [2.45, 2.75) is 98.4 Å². The van der Waals surface area contributed by atoms with E-state index in [4.69, 9.17) is 33.2 Å². The molecule has 0 spiro atoms. The Labute approximate surface area is 209 Å². The summed E-state index contributed by atoms with van der Waals surface area (Å²) in [5.74, 6) is 0. The molecule has 4 saturated heterocycles. The molecule has 0 bridgehead atoms. The summed E-state index contributed by atoms with van der Waals surface area (Å²) in [6.45, 7) is -1.47. The maximum atomic E-state index is 10.7. The Bertz CT molecular complexity index is 731. The van der Waals surface area contributed by atoms with Gasteiger partial charge in [-0.1, -0.05) is 0 Å². The fraction of sp³-hybridized carbons (Fsp3) is 1.00. The second-order valence-electron chi connectivity index (χ2n) is 9.35. The molecule has 0 radical (unpaired) electrons. The van der Waals surface area contributed by atoms with E-state index >= 15 is 0 Å². The van der Waals surface area contributed by atoms with Gasteiger partial charge in [0.2, 0.25) is 0 Å². The van der Waals surface area contributed by atoms with E-state index in [2.05, 4.69) is 0 Å². The quantitative estimate of drug-likeness (QED) is 0.148. The molecular formula is C20H34O17. The maximum absolute atomic E-state index is 10.7. The van der Waals surface area contributed by atoms with Gasteiger partial charge < -0.3 is 84.2 Å². The summed E-state index contributed by atoms with van der Waals surface area (Å²) >= 11 is 0. The first kappa shape index (κ1) is 29.3. The van der Waals surface area contributed by atoms with Gasteiger partial charge in [-0.05, 0) is 0 Å². The van der Waals surface area contributed by atoms with E-state index < -0.39 is 112 Å². The Morgan fingerprint density at radius 2 is 0.865 bits per heavy atom. The van der Waals surface area contributed by atoms with Crippen molar-refractivity contribution in [1.82, 2.24) is 0 Å². The van der Waals surface area contributed by atoms with Crippen LogP contribution in [0.25, 0.3) is 0 Å². The molecule has 0 saturated carbocycles. The first-order valence-corrected chi connectivity index (χ1v) is 11.7. The van der Waals surface area contributed by atoms with Crippen LogP contribution in [-0.2, 0) is 33.2 Å². The summed E-state index contributed by atoms with van der Waals surface area (Å²) < 4.78 is 37.0. The van der Waals surface area contributed by atoms with E-state index in [1.807, 2.05) is 0 Å². The van der Waals surface area contributed by atoms with Gasteiger partial charge in [-0.2, -0.15) is 0 Å². The van der Waals surface area contributed by atoms with Crippen LogP contribution in [0.4, 0.5) is 0 Å². The van der Waals surface area contributed by atoms with Crippen LogP contribution in [0.15, 0.2) is 0 Å². The molecule has 4 fully saturated rings. The van der Waals surface area contributed by atoms with Gasteiger partial charge >= 0.3 is 0 Å². The van der Waals surface area contributed by atoms with Crippen molar-refractivity contribution >= 4 is 0 Å². The lowest BCUT2D eigenvalue weighted by atomic mass is 10.0. The van der Waals surface area contributed by atoms with Crippen molar-refractivity contribution in [2.24, 2.45) is 0 Å². The molecule has 10 N–H and O–H groups in total. The van der Waals surface area contributed by atoms with Gasteiger partial charge in [0.05, 0.1) is 26.4 Å². The molecule has 0 aromatic heterocycles. The second kappa shape index (κ2) is 12.2. The molecule has 0 aliphatic carbocycles. The largest absolute Gasteiger partial charge is 0.388 e. The molecule has 4 aliphatic heterocycles. The molecule has 4 rings (SSSR count). The van der Waals surface area contributed by atoms with Crippen molar-refractivity contribution in [2.75, 3.05) is 26.4 Å². The lowest BCUT2D eigenvalue weighted by Crippen LogP contribution is -2.63. The van der Waals surface area contributed by atoms with Gasteiger partial charge in [0.15, 0.2) is 25.2 Å². The molecule has 16 atom stereocenters. The number of aliphatic hydroxyl groups is 10. The van der Waals surface area contributed by atoms with Crippen LogP contribution in [-0.4, -0.2) is 176 Å². The standard InChI is InChI=1S/C20H34O17/c21-5-1-32-18(13(27)9(5)23)35-8-4-34-19(14(28)11(8)25)37-16-6(22)2-33-20(15(16)29)36-7-3-31-17(30)12(26)10(7)24/h5-30H,1-4H2/t5-,6-,7-,8-,9+,10+,11+,12-,13-,14-,15-,16+,17?,18+,19+,20+/m1/s1. The average molecular weight is 546 g/mol. The molecule has 216 valence electrons. The monoisotopic (exact) mass is 546 g/mol. The van der Waals surface area contributed by atoms with Crippen LogP contribution >= 0.6 is 0 Å². The van der Waals surface area contributed by atoms with Crippen molar-refractivity contribution in [3.05, 3.63) is 0 Å². The van der Waals surface area contributed by atoms with Gasteiger partial charge in [-0.15, -0.1) is 0 Å². The summed E-state index contributed by atoms with van der Waals surface area (Å²) in [6, 6.07) is 0. The first-order valence-electron chi connectivity index (χ1n) is 11.7. The Kier molecular flexibility index (Phi) is 9.69. The van der Waals surface area contributed by atoms with Crippen molar-refractivity contribution in [1.29, 1.82) is 0 Å². The molecule has 4 aliphatic rings. The molecule has 17 nitrogen and oxygen atoms in total. The van der Waals surface area contributed by atoms with Gasteiger partial charge in [-0.25, -0.2) is 0 Å². The third-order valence-corrected chi connectivity index (χ3v) is 6.68. The van der Waals surface area contributed by atoms with E-state index in [0.29, 0.717) is 0 Å². The van der Waals surface area contributed by atoms with Crippen LogP contribution in [0.3, 0.4) is 0 Å². The normalized spacial score (nSPS) is 53.7. The van der Waals surface area contributed by atoms with E-state index in [0.717, 1.165) is 0 Å². The number of ether oxygens (including phenoxy) is 7. The maximum Gasteiger partial charge on any atom is 0.186 e. The van der Waals surface area contributed by atoms with E-state index in [1.165, 1.54) is 0 Å². The summed E-state index contributed by atoms with van der Waals surface area (Å²) in [4.78, 5) is 0. The van der Waals surface area contributed by atoms with Crippen molar-refractivity contribution in [3.8, 4) is 0 Å². The minimum atomic E-state index is -1.76. The van der Waals surface area contributed by atoms with Gasteiger partial charge in [-0.3, -0.25) is 0 Å². The zero-order valence-corrected chi connectivity index (χ0v) is 19.4.